The normalized spacial score (nSPS) is 11.3. The highest BCUT2D eigenvalue weighted by Crippen LogP contribution is 2.19. The molecule has 1 heterocycles. The van der Waals surface area contributed by atoms with E-state index in [4.69, 9.17) is 22.1 Å². The van der Waals surface area contributed by atoms with E-state index < -0.39 is 5.97 Å². The van der Waals surface area contributed by atoms with Gasteiger partial charge in [-0.05, 0) is 31.0 Å². The van der Waals surface area contributed by atoms with Crippen molar-refractivity contribution in [1.82, 2.24) is 9.97 Å². The zero-order chi connectivity index (χ0) is 12.1. The summed E-state index contributed by atoms with van der Waals surface area (Å²) < 4.78 is 4.77. The number of nitrogens with two attached hydrogens (primary N) is 1. The topological polar surface area (TPSA) is 78.1 Å². The lowest BCUT2D eigenvalue weighted by atomic mass is 10.2. The minimum atomic E-state index is -0.436. The number of esters is 1. The Morgan fingerprint density at radius 1 is 1.69 bits per heavy atom. The third-order valence-electron chi connectivity index (χ3n) is 1.78. The smallest absolute Gasteiger partial charge is 0.331 e. The van der Waals surface area contributed by atoms with Gasteiger partial charge in [0.2, 0.25) is 5.28 Å². The van der Waals surface area contributed by atoms with Crippen LogP contribution < -0.4 is 5.73 Å². The molecule has 0 aromatic carbocycles. The average Bonchev–Trinajstić information content (AvgIpc) is 2.21. The molecule has 0 fully saturated rings. The Bertz CT molecular complexity index is 432. The summed E-state index contributed by atoms with van der Waals surface area (Å²) in [6.45, 7) is 3.76. The molecule has 16 heavy (non-hydrogen) atoms. The van der Waals surface area contributed by atoms with E-state index in [1.54, 1.807) is 13.8 Å². The molecule has 6 heteroatoms. The summed E-state index contributed by atoms with van der Waals surface area (Å²) in [6, 6.07) is 0. The number of nitrogens with zero attached hydrogens (tertiary/aromatic N) is 2. The second-order valence-corrected chi connectivity index (χ2v) is 3.36. The molecule has 0 amide bonds. The minimum absolute atomic E-state index is 0.0841. The molecule has 0 spiro atoms. The van der Waals surface area contributed by atoms with Gasteiger partial charge in [-0.2, -0.15) is 0 Å². The van der Waals surface area contributed by atoms with Crippen LogP contribution in [0, 0.1) is 0 Å². The molecule has 5 nitrogen and oxygen atoms in total. The van der Waals surface area contributed by atoms with Crippen LogP contribution in [0.1, 0.15) is 19.5 Å². The van der Waals surface area contributed by atoms with E-state index in [9.17, 15) is 4.79 Å². The predicted molar refractivity (Wildman–Crippen MR) is 61.7 cm³/mol. The van der Waals surface area contributed by atoms with Gasteiger partial charge in [0.25, 0.3) is 0 Å². The number of carbonyl (C=O) groups is 1. The van der Waals surface area contributed by atoms with Crippen molar-refractivity contribution < 1.29 is 9.53 Å². The van der Waals surface area contributed by atoms with Crippen molar-refractivity contribution >= 4 is 28.8 Å². The Balaban J connectivity index is 2.99. The maximum Gasteiger partial charge on any atom is 0.331 e. The Morgan fingerprint density at radius 2 is 2.38 bits per heavy atom. The van der Waals surface area contributed by atoms with Crippen molar-refractivity contribution in [3.05, 3.63) is 23.3 Å². The molecule has 0 saturated heterocycles. The van der Waals surface area contributed by atoms with Gasteiger partial charge >= 0.3 is 5.97 Å². The Labute approximate surface area is 98.3 Å². The Kier molecular flexibility index (Phi) is 4.25. The summed E-state index contributed by atoms with van der Waals surface area (Å²) in [7, 11) is 0. The molecule has 1 aromatic heterocycles. The van der Waals surface area contributed by atoms with Crippen LogP contribution in [0.2, 0.25) is 5.28 Å². The van der Waals surface area contributed by atoms with Crippen molar-refractivity contribution in [2.45, 2.75) is 13.8 Å². The Hall–Kier alpha value is -1.62. The van der Waals surface area contributed by atoms with Gasteiger partial charge in [0.15, 0.2) is 0 Å². The zero-order valence-corrected chi connectivity index (χ0v) is 9.78. The molecule has 0 radical (unpaired) electrons. The maximum atomic E-state index is 11.2. The minimum Gasteiger partial charge on any atom is -0.463 e. The summed E-state index contributed by atoms with van der Waals surface area (Å²) in [5.41, 5.74) is 7.05. The summed E-state index contributed by atoms with van der Waals surface area (Å²) in [5, 5.41) is 0.0841. The first-order valence-corrected chi connectivity index (χ1v) is 5.05. The highest BCUT2D eigenvalue weighted by Gasteiger charge is 2.07. The number of allylic oxidation sites excluding steroid dienone is 1. The van der Waals surface area contributed by atoms with Gasteiger partial charge in [-0.15, -0.1) is 0 Å². The number of carbonyl (C=O) groups excluding carboxylic acids is 1. The van der Waals surface area contributed by atoms with Crippen molar-refractivity contribution in [3.8, 4) is 0 Å². The first-order valence-electron chi connectivity index (χ1n) is 4.68. The number of nitrogen functional groups attached to an aromatic ring is 1. The van der Waals surface area contributed by atoms with Gasteiger partial charge in [0.05, 0.1) is 24.2 Å². The molecular weight excluding hydrogens is 230 g/mol. The van der Waals surface area contributed by atoms with E-state index in [1.807, 2.05) is 0 Å². The van der Waals surface area contributed by atoms with Crippen LogP contribution in [0.5, 0.6) is 0 Å². The number of halogens is 1. The van der Waals surface area contributed by atoms with Gasteiger partial charge in [-0.3, -0.25) is 0 Å². The van der Waals surface area contributed by atoms with Gasteiger partial charge in [-0.1, -0.05) is 0 Å². The SMILES string of the molecule is CCOC(=O)/C=C(\C)c1nc(Cl)ncc1N. The van der Waals surface area contributed by atoms with Crippen molar-refractivity contribution in [1.29, 1.82) is 0 Å². The highest BCUT2D eigenvalue weighted by molar-refractivity contribution is 6.28. The van der Waals surface area contributed by atoms with Gasteiger partial charge in [-0.25, -0.2) is 14.8 Å². The van der Waals surface area contributed by atoms with E-state index in [1.165, 1.54) is 12.3 Å². The zero-order valence-electron chi connectivity index (χ0n) is 9.03. The van der Waals surface area contributed by atoms with Gasteiger partial charge in [0.1, 0.15) is 0 Å². The van der Waals surface area contributed by atoms with E-state index in [2.05, 4.69) is 9.97 Å². The largest absolute Gasteiger partial charge is 0.463 e. The Morgan fingerprint density at radius 3 is 3.00 bits per heavy atom. The second kappa shape index (κ2) is 5.46. The number of ether oxygens (including phenoxy) is 1. The molecule has 0 bridgehead atoms. The fourth-order valence-electron chi connectivity index (χ4n) is 1.11. The quantitative estimate of drug-likeness (QED) is 0.495. The van der Waals surface area contributed by atoms with E-state index in [0.29, 0.717) is 23.6 Å². The lowest BCUT2D eigenvalue weighted by Gasteiger charge is -2.04. The molecular formula is C10H12ClN3O2. The third-order valence-corrected chi connectivity index (χ3v) is 1.96. The first kappa shape index (κ1) is 12.4. The fourth-order valence-corrected chi connectivity index (χ4v) is 1.25. The van der Waals surface area contributed by atoms with Crippen LogP contribution in [0.15, 0.2) is 12.3 Å². The number of hydrogen-bond donors (Lipinski definition) is 1. The monoisotopic (exact) mass is 241 g/mol. The molecule has 0 aliphatic carbocycles. The lowest BCUT2D eigenvalue weighted by molar-refractivity contribution is -0.137. The molecule has 0 atom stereocenters. The van der Waals surface area contributed by atoms with Crippen LogP contribution >= 0.6 is 11.6 Å². The molecule has 86 valence electrons. The van der Waals surface area contributed by atoms with E-state index >= 15 is 0 Å². The third kappa shape index (κ3) is 3.20. The summed E-state index contributed by atoms with van der Waals surface area (Å²) in [5.74, 6) is -0.436. The van der Waals surface area contributed by atoms with Crippen LogP contribution in [0.4, 0.5) is 5.69 Å². The van der Waals surface area contributed by atoms with Crippen LogP contribution in [0.3, 0.4) is 0 Å². The number of anilines is 1. The summed E-state index contributed by atoms with van der Waals surface area (Å²) in [6.07, 6.45) is 2.71. The van der Waals surface area contributed by atoms with E-state index in [0.717, 1.165) is 0 Å². The first-order chi connectivity index (χ1) is 7.54. The summed E-state index contributed by atoms with van der Waals surface area (Å²) >= 11 is 5.64. The molecule has 1 rings (SSSR count). The van der Waals surface area contributed by atoms with Gasteiger partial charge < -0.3 is 10.5 Å². The van der Waals surface area contributed by atoms with Crippen molar-refractivity contribution in [2.75, 3.05) is 12.3 Å². The molecule has 0 saturated carbocycles. The molecule has 0 aliphatic rings. The molecule has 0 aliphatic heterocycles. The van der Waals surface area contributed by atoms with Crippen LogP contribution in [-0.2, 0) is 9.53 Å². The van der Waals surface area contributed by atoms with Crippen LogP contribution in [0.25, 0.3) is 5.57 Å². The molecule has 0 unspecified atom stereocenters. The maximum absolute atomic E-state index is 11.2. The fraction of sp³-hybridized carbons (Fsp3) is 0.300. The number of aromatic nitrogens is 2. The summed E-state index contributed by atoms with van der Waals surface area (Å²) in [4.78, 5) is 18.9. The molecule has 2 N–H and O–H groups in total. The van der Waals surface area contributed by atoms with Crippen molar-refractivity contribution in [3.63, 3.8) is 0 Å². The molecule has 1 aromatic rings. The van der Waals surface area contributed by atoms with Gasteiger partial charge in [0, 0.05) is 6.08 Å². The van der Waals surface area contributed by atoms with E-state index in [-0.39, 0.29) is 5.28 Å². The van der Waals surface area contributed by atoms with Crippen molar-refractivity contribution in [2.24, 2.45) is 0 Å². The highest BCUT2D eigenvalue weighted by atomic mass is 35.5. The number of rotatable bonds is 3. The standard InChI is InChI=1S/C10H12ClN3O2/c1-3-16-8(15)4-6(2)9-7(12)5-13-10(11)14-9/h4-5H,3,12H2,1-2H3/b6-4+. The number of hydrogen-bond acceptors (Lipinski definition) is 5. The second-order valence-electron chi connectivity index (χ2n) is 3.02. The predicted octanol–water partition coefficient (Wildman–Crippen LogP) is 1.68. The van der Waals surface area contributed by atoms with Crippen LogP contribution in [-0.4, -0.2) is 22.5 Å². The lowest BCUT2D eigenvalue weighted by Crippen LogP contribution is -2.03. The average molecular weight is 242 g/mol.